The molecule has 0 fully saturated rings. The predicted octanol–water partition coefficient (Wildman–Crippen LogP) is 15.0. The summed E-state index contributed by atoms with van der Waals surface area (Å²) in [5.41, 5.74) is 9.82. The zero-order valence-electron chi connectivity index (χ0n) is 33.3. The van der Waals surface area contributed by atoms with Crippen molar-refractivity contribution in [3.8, 4) is 51.0 Å². The van der Waals surface area contributed by atoms with Gasteiger partial charge in [0.1, 0.15) is 11.2 Å². The van der Waals surface area contributed by atoms with E-state index in [9.17, 15) is 0 Å². The number of aromatic nitrogens is 4. The van der Waals surface area contributed by atoms with Crippen LogP contribution in [0.4, 0.5) is 0 Å². The molecule has 0 spiro atoms. The minimum absolute atomic E-state index is 0.598. The van der Waals surface area contributed by atoms with E-state index in [1.54, 1.807) is 0 Å². The van der Waals surface area contributed by atoms with Crippen LogP contribution >= 0.6 is 0 Å². The Morgan fingerprint density at radius 2 is 0.806 bits per heavy atom. The Morgan fingerprint density at radius 3 is 1.48 bits per heavy atom. The lowest BCUT2D eigenvalue weighted by Crippen LogP contribution is -2.04. The fourth-order valence-corrected chi connectivity index (χ4v) is 9.70. The summed E-state index contributed by atoms with van der Waals surface area (Å²) in [7, 11) is 0. The smallest absolute Gasteiger partial charge is 0.166 e. The Labute approximate surface area is 355 Å². The Bertz CT molecular complexity index is 3870. The molecule has 13 aromatic rings. The van der Waals surface area contributed by atoms with E-state index in [0.29, 0.717) is 17.5 Å². The molecule has 0 amide bonds. The molecule has 5 heteroatoms. The number of hydrogen-bond acceptors (Lipinski definition) is 4. The Kier molecular flexibility index (Phi) is 7.54. The van der Waals surface area contributed by atoms with E-state index in [0.717, 1.165) is 88.0 Å². The van der Waals surface area contributed by atoms with Gasteiger partial charge in [-0.05, 0) is 68.2 Å². The van der Waals surface area contributed by atoms with Crippen LogP contribution < -0.4 is 0 Å². The number of fused-ring (bicyclic) bond motifs is 12. The van der Waals surface area contributed by atoms with Gasteiger partial charge < -0.3 is 8.98 Å². The molecule has 3 heterocycles. The highest BCUT2D eigenvalue weighted by atomic mass is 16.3. The van der Waals surface area contributed by atoms with Gasteiger partial charge in [0.15, 0.2) is 17.5 Å². The molecular weight excluding hydrogens is 757 g/mol. The van der Waals surface area contributed by atoms with Crippen LogP contribution in [-0.2, 0) is 0 Å². The average Bonchev–Trinajstić information content (AvgIpc) is 3.90. The first kappa shape index (κ1) is 34.5. The zero-order chi connectivity index (χ0) is 40.7. The van der Waals surface area contributed by atoms with Gasteiger partial charge in [-0.15, -0.1) is 0 Å². The summed E-state index contributed by atoms with van der Waals surface area (Å²) in [4.78, 5) is 15.8. The molecule has 5 nitrogen and oxygen atoms in total. The van der Waals surface area contributed by atoms with E-state index in [1.165, 1.54) is 21.5 Å². The Hall–Kier alpha value is -8.41. The van der Waals surface area contributed by atoms with E-state index in [1.807, 2.05) is 48.5 Å². The van der Waals surface area contributed by atoms with Crippen LogP contribution in [0.2, 0.25) is 0 Å². The molecule has 0 bridgehead atoms. The standard InChI is InChI=1S/C57H34N4O/c1-3-17-35(18-4-1)55-58-56(36-19-5-2-6-20-36)60-57(59-55)48-33-46-39-23-9-7-21-37(39)38-22-8-10-24-40(38)47(46)34-51(48)61-49-30-13-11-26-45(49)53-42(27-16-31-50(53)61)44-29-15-28-43-41-25-12-14-32-52(41)62-54(43)44/h1-34H. The van der Waals surface area contributed by atoms with Crippen molar-refractivity contribution in [3.63, 3.8) is 0 Å². The van der Waals surface area contributed by atoms with Crippen molar-refractivity contribution in [1.29, 1.82) is 0 Å². The third kappa shape index (κ3) is 5.18. The number of nitrogens with zero attached hydrogens (tertiary/aromatic N) is 4. The lowest BCUT2D eigenvalue weighted by molar-refractivity contribution is 0.670. The molecule has 0 N–H and O–H groups in total. The van der Waals surface area contributed by atoms with Crippen LogP contribution in [0.3, 0.4) is 0 Å². The summed E-state index contributed by atoms with van der Waals surface area (Å²) in [6.45, 7) is 0. The number of rotatable bonds is 5. The van der Waals surface area contributed by atoms with Gasteiger partial charge in [0.2, 0.25) is 0 Å². The summed E-state index contributed by atoms with van der Waals surface area (Å²) >= 11 is 0. The van der Waals surface area contributed by atoms with Crippen molar-refractivity contribution in [3.05, 3.63) is 206 Å². The third-order valence-electron chi connectivity index (χ3n) is 12.4. The third-order valence-corrected chi connectivity index (χ3v) is 12.4. The predicted molar refractivity (Wildman–Crippen MR) is 256 cm³/mol. The fourth-order valence-electron chi connectivity index (χ4n) is 9.70. The molecular formula is C57H34N4O. The molecule has 0 aliphatic rings. The highest BCUT2D eigenvalue weighted by Crippen LogP contribution is 2.46. The van der Waals surface area contributed by atoms with Crippen molar-refractivity contribution < 1.29 is 4.42 Å². The lowest BCUT2D eigenvalue weighted by atomic mass is 9.92. The normalized spacial score (nSPS) is 11.9. The summed E-state index contributed by atoms with van der Waals surface area (Å²) in [5, 5.41) is 11.6. The molecule has 13 rings (SSSR count). The second-order valence-electron chi connectivity index (χ2n) is 15.9. The number of furan rings is 1. The molecule has 0 saturated carbocycles. The molecule has 288 valence electrons. The zero-order valence-corrected chi connectivity index (χ0v) is 33.3. The monoisotopic (exact) mass is 790 g/mol. The van der Waals surface area contributed by atoms with Crippen molar-refractivity contribution in [2.75, 3.05) is 0 Å². The summed E-state index contributed by atoms with van der Waals surface area (Å²) in [5.74, 6) is 1.83. The molecule has 3 aromatic heterocycles. The van der Waals surface area contributed by atoms with Crippen LogP contribution in [0, 0.1) is 0 Å². The molecule has 0 atom stereocenters. The van der Waals surface area contributed by atoms with Gasteiger partial charge >= 0.3 is 0 Å². The van der Waals surface area contributed by atoms with Gasteiger partial charge in [-0.2, -0.15) is 0 Å². The van der Waals surface area contributed by atoms with Gasteiger partial charge in [0.05, 0.1) is 16.7 Å². The van der Waals surface area contributed by atoms with Crippen LogP contribution in [0.25, 0.3) is 127 Å². The number of hydrogen-bond donors (Lipinski definition) is 0. The van der Waals surface area contributed by atoms with Crippen LogP contribution in [0.5, 0.6) is 0 Å². The van der Waals surface area contributed by atoms with Gasteiger partial charge in [-0.3, -0.25) is 0 Å². The maximum Gasteiger partial charge on any atom is 0.166 e. The number of para-hydroxylation sites is 3. The van der Waals surface area contributed by atoms with Gasteiger partial charge in [0, 0.05) is 43.8 Å². The average molecular weight is 791 g/mol. The van der Waals surface area contributed by atoms with Crippen molar-refractivity contribution in [2.45, 2.75) is 0 Å². The maximum absolute atomic E-state index is 6.66. The molecule has 0 saturated heterocycles. The molecule has 0 radical (unpaired) electrons. The van der Waals surface area contributed by atoms with Crippen molar-refractivity contribution >= 4 is 76.1 Å². The van der Waals surface area contributed by atoms with Crippen LogP contribution in [0.15, 0.2) is 211 Å². The van der Waals surface area contributed by atoms with E-state index in [2.05, 4.69) is 162 Å². The van der Waals surface area contributed by atoms with Crippen molar-refractivity contribution in [2.24, 2.45) is 0 Å². The first-order valence-electron chi connectivity index (χ1n) is 20.9. The van der Waals surface area contributed by atoms with E-state index >= 15 is 0 Å². The Morgan fingerprint density at radius 1 is 0.323 bits per heavy atom. The SMILES string of the molecule is c1ccc(-c2nc(-c3ccccc3)nc(-c3cc4c5ccccc5c5ccccc5c4cc3-n3c4ccccc4c4c(-c5cccc6c5oc5ccccc56)cccc43)n2)cc1. The van der Waals surface area contributed by atoms with E-state index in [4.69, 9.17) is 19.4 Å². The van der Waals surface area contributed by atoms with E-state index in [-0.39, 0.29) is 0 Å². The second-order valence-corrected chi connectivity index (χ2v) is 15.9. The maximum atomic E-state index is 6.66. The minimum atomic E-state index is 0.598. The first-order valence-corrected chi connectivity index (χ1v) is 20.9. The summed E-state index contributed by atoms with van der Waals surface area (Å²) in [6, 6.07) is 72.7. The van der Waals surface area contributed by atoms with Gasteiger partial charge in [0.25, 0.3) is 0 Å². The highest BCUT2D eigenvalue weighted by Gasteiger charge is 2.24. The summed E-state index contributed by atoms with van der Waals surface area (Å²) in [6.07, 6.45) is 0. The molecule has 62 heavy (non-hydrogen) atoms. The summed E-state index contributed by atoms with van der Waals surface area (Å²) < 4.78 is 9.07. The first-order chi connectivity index (χ1) is 30.8. The minimum Gasteiger partial charge on any atom is -0.455 e. The highest BCUT2D eigenvalue weighted by molar-refractivity contribution is 6.27. The quantitative estimate of drug-likeness (QED) is 0.163. The molecule has 0 aliphatic carbocycles. The van der Waals surface area contributed by atoms with Gasteiger partial charge in [-0.25, -0.2) is 15.0 Å². The van der Waals surface area contributed by atoms with Crippen molar-refractivity contribution in [1.82, 2.24) is 19.5 Å². The molecule has 0 aliphatic heterocycles. The van der Waals surface area contributed by atoms with Crippen LogP contribution in [-0.4, -0.2) is 19.5 Å². The van der Waals surface area contributed by atoms with Gasteiger partial charge in [-0.1, -0.05) is 176 Å². The lowest BCUT2D eigenvalue weighted by Gasteiger charge is -2.18. The Balaban J connectivity index is 1.18. The topological polar surface area (TPSA) is 56.7 Å². The van der Waals surface area contributed by atoms with E-state index < -0.39 is 0 Å². The second kappa shape index (κ2) is 13.6. The molecule has 10 aromatic carbocycles. The number of benzene rings is 10. The largest absolute Gasteiger partial charge is 0.455 e. The fraction of sp³-hybridized carbons (Fsp3) is 0. The van der Waals surface area contributed by atoms with Crippen LogP contribution in [0.1, 0.15) is 0 Å². The molecule has 0 unspecified atom stereocenters.